The van der Waals surface area contributed by atoms with E-state index in [1.54, 1.807) is 31.4 Å². The minimum Gasteiger partial charge on any atom is -0.494 e. The Morgan fingerprint density at radius 3 is 1.96 bits per heavy atom. The molecule has 0 aliphatic rings. The molecule has 3 aromatic carbocycles. The van der Waals surface area contributed by atoms with Crippen molar-refractivity contribution in [1.29, 1.82) is 0 Å². The first-order valence-corrected chi connectivity index (χ1v) is 9.08. The van der Waals surface area contributed by atoms with Gasteiger partial charge < -0.3 is 19.5 Å². The average molecular weight is 377 g/mol. The van der Waals surface area contributed by atoms with Crippen molar-refractivity contribution in [2.45, 2.75) is 13.5 Å². The lowest BCUT2D eigenvalue weighted by molar-refractivity contribution is 0.102. The molecule has 0 atom stereocenters. The van der Waals surface area contributed by atoms with Crippen LogP contribution in [0.4, 0.5) is 5.69 Å². The highest BCUT2D eigenvalue weighted by molar-refractivity contribution is 6.04. The topological polar surface area (TPSA) is 56.8 Å². The lowest BCUT2D eigenvalue weighted by Gasteiger charge is -2.09. The average Bonchev–Trinajstić information content (AvgIpc) is 2.72. The van der Waals surface area contributed by atoms with Crippen LogP contribution in [0.15, 0.2) is 72.8 Å². The molecule has 0 radical (unpaired) electrons. The van der Waals surface area contributed by atoms with Crippen molar-refractivity contribution in [1.82, 2.24) is 0 Å². The lowest BCUT2D eigenvalue weighted by Crippen LogP contribution is -2.11. The first-order valence-electron chi connectivity index (χ1n) is 9.08. The molecule has 3 aromatic rings. The van der Waals surface area contributed by atoms with E-state index in [0.29, 0.717) is 30.2 Å². The number of methoxy groups -OCH3 is 1. The second-order valence-electron chi connectivity index (χ2n) is 6.11. The fourth-order valence-corrected chi connectivity index (χ4v) is 2.64. The maximum atomic E-state index is 12.4. The van der Waals surface area contributed by atoms with Gasteiger partial charge in [-0.2, -0.15) is 0 Å². The smallest absolute Gasteiger partial charge is 0.255 e. The lowest BCUT2D eigenvalue weighted by atomic mass is 10.1. The normalized spacial score (nSPS) is 10.4. The molecule has 0 aliphatic carbocycles. The molecule has 0 saturated carbocycles. The number of ether oxygens (including phenoxy) is 3. The number of rotatable bonds is 8. The summed E-state index contributed by atoms with van der Waals surface area (Å²) in [6.45, 7) is 3.10. The molecule has 0 fully saturated rings. The summed E-state index contributed by atoms with van der Waals surface area (Å²) in [5, 5.41) is 2.88. The number of anilines is 1. The summed E-state index contributed by atoms with van der Waals surface area (Å²) in [5.41, 5.74) is 2.31. The summed E-state index contributed by atoms with van der Waals surface area (Å²) in [5.74, 6) is 2.05. The van der Waals surface area contributed by atoms with Crippen LogP contribution in [0, 0.1) is 0 Å². The Balaban J connectivity index is 1.58. The number of carbonyl (C=O) groups excluding carboxylic acids is 1. The minimum atomic E-state index is -0.163. The zero-order valence-corrected chi connectivity index (χ0v) is 16.0. The largest absolute Gasteiger partial charge is 0.494 e. The van der Waals surface area contributed by atoms with Crippen LogP contribution < -0.4 is 14.8 Å². The van der Waals surface area contributed by atoms with E-state index >= 15 is 0 Å². The summed E-state index contributed by atoms with van der Waals surface area (Å²) in [6, 6.07) is 22.0. The van der Waals surface area contributed by atoms with Crippen LogP contribution in [-0.4, -0.2) is 19.6 Å². The van der Waals surface area contributed by atoms with Gasteiger partial charge in [-0.1, -0.05) is 12.1 Å². The first kappa shape index (κ1) is 19.5. The van der Waals surface area contributed by atoms with Gasteiger partial charge in [-0.15, -0.1) is 0 Å². The summed E-state index contributed by atoms with van der Waals surface area (Å²) < 4.78 is 16.3. The Hall–Kier alpha value is -3.31. The Morgan fingerprint density at radius 2 is 1.39 bits per heavy atom. The zero-order chi connectivity index (χ0) is 19.8. The van der Waals surface area contributed by atoms with Gasteiger partial charge in [0.2, 0.25) is 0 Å². The standard InChI is InChI=1S/C23H23NO4/c1-3-27-20-12-14-22(15-13-20)28-21-10-8-19(9-11-21)24-23(25)18-6-4-17(5-7-18)16-26-2/h4-15H,3,16H2,1-2H3,(H,24,25). The van der Waals surface area contributed by atoms with Crippen molar-refractivity contribution < 1.29 is 19.0 Å². The molecule has 0 aliphatic heterocycles. The molecule has 0 aromatic heterocycles. The quantitative estimate of drug-likeness (QED) is 0.580. The molecule has 1 N–H and O–H groups in total. The van der Waals surface area contributed by atoms with Gasteiger partial charge >= 0.3 is 0 Å². The van der Waals surface area contributed by atoms with Gasteiger partial charge in [0, 0.05) is 18.4 Å². The van der Waals surface area contributed by atoms with E-state index in [9.17, 15) is 4.79 Å². The van der Waals surface area contributed by atoms with Crippen LogP contribution in [0.25, 0.3) is 0 Å². The van der Waals surface area contributed by atoms with E-state index in [0.717, 1.165) is 17.1 Å². The van der Waals surface area contributed by atoms with Gasteiger partial charge in [0.1, 0.15) is 17.2 Å². The number of carbonyl (C=O) groups is 1. The third kappa shape index (κ3) is 5.34. The Labute approximate surface area is 164 Å². The van der Waals surface area contributed by atoms with Gasteiger partial charge in [-0.05, 0) is 73.2 Å². The zero-order valence-electron chi connectivity index (χ0n) is 16.0. The van der Waals surface area contributed by atoms with E-state index in [1.807, 2.05) is 55.5 Å². The van der Waals surface area contributed by atoms with Crippen LogP contribution in [0.1, 0.15) is 22.8 Å². The van der Waals surface area contributed by atoms with Gasteiger partial charge in [0.05, 0.1) is 13.2 Å². The van der Waals surface area contributed by atoms with E-state index in [-0.39, 0.29) is 5.91 Å². The fraction of sp³-hybridized carbons (Fsp3) is 0.174. The van der Waals surface area contributed by atoms with Crippen molar-refractivity contribution >= 4 is 11.6 Å². The van der Waals surface area contributed by atoms with E-state index in [2.05, 4.69) is 5.32 Å². The molecule has 28 heavy (non-hydrogen) atoms. The van der Waals surface area contributed by atoms with E-state index in [1.165, 1.54) is 0 Å². The highest BCUT2D eigenvalue weighted by Crippen LogP contribution is 2.25. The maximum absolute atomic E-state index is 12.4. The van der Waals surface area contributed by atoms with Gasteiger partial charge in [0.25, 0.3) is 5.91 Å². The number of hydrogen-bond donors (Lipinski definition) is 1. The van der Waals surface area contributed by atoms with Crippen molar-refractivity contribution in [3.05, 3.63) is 83.9 Å². The molecular weight excluding hydrogens is 354 g/mol. The van der Waals surface area contributed by atoms with E-state index < -0.39 is 0 Å². The molecule has 0 saturated heterocycles. The van der Waals surface area contributed by atoms with Crippen LogP contribution in [0.3, 0.4) is 0 Å². The van der Waals surface area contributed by atoms with Crippen molar-refractivity contribution in [3.63, 3.8) is 0 Å². The summed E-state index contributed by atoms with van der Waals surface area (Å²) >= 11 is 0. The molecule has 1 amide bonds. The summed E-state index contributed by atoms with van der Waals surface area (Å²) in [4.78, 5) is 12.4. The Morgan fingerprint density at radius 1 is 0.821 bits per heavy atom. The third-order valence-electron chi connectivity index (χ3n) is 4.01. The predicted molar refractivity (Wildman–Crippen MR) is 109 cm³/mol. The van der Waals surface area contributed by atoms with Crippen molar-refractivity contribution in [2.75, 3.05) is 19.0 Å². The first-order chi connectivity index (χ1) is 13.7. The summed E-state index contributed by atoms with van der Waals surface area (Å²) in [7, 11) is 1.64. The molecule has 3 rings (SSSR count). The van der Waals surface area contributed by atoms with Crippen molar-refractivity contribution in [2.24, 2.45) is 0 Å². The Bertz CT molecular complexity index is 887. The second-order valence-corrected chi connectivity index (χ2v) is 6.11. The number of amides is 1. The molecule has 0 spiro atoms. The molecule has 0 unspecified atom stereocenters. The monoisotopic (exact) mass is 377 g/mol. The summed E-state index contributed by atoms with van der Waals surface area (Å²) in [6.07, 6.45) is 0. The predicted octanol–water partition coefficient (Wildman–Crippen LogP) is 5.28. The highest BCUT2D eigenvalue weighted by atomic mass is 16.5. The number of nitrogens with one attached hydrogen (secondary N) is 1. The van der Waals surface area contributed by atoms with Crippen LogP contribution in [0.2, 0.25) is 0 Å². The highest BCUT2D eigenvalue weighted by Gasteiger charge is 2.07. The number of benzene rings is 3. The fourth-order valence-electron chi connectivity index (χ4n) is 2.64. The molecular formula is C23H23NO4. The molecule has 0 bridgehead atoms. The van der Waals surface area contributed by atoms with Gasteiger partial charge in [-0.3, -0.25) is 4.79 Å². The Kier molecular flexibility index (Phi) is 6.65. The number of hydrogen-bond acceptors (Lipinski definition) is 4. The maximum Gasteiger partial charge on any atom is 0.255 e. The molecule has 0 heterocycles. The molecule has 5 heteroatoms. The van der Waals surface area contributed by atoms with E-state index in [4.69, 9.17) is 14.2 Å². The molecule has 144 valence electrons. The third-order valence-corrected chi connectivity index (χ3v) is 4.01. The van der Waals surface area contributed by atoms with Crippen molar-refractivity contribution in [3.8, 4) is 17.2 Å². The second kappa shape index (κ2) is 9.58. The van der Waals surface area contributed by atoms with Gasteiger partial charge in [0.15, 0.2) is 0 Å². The van der Waals surface area contributed by atoms with Crippen LogP contribution >= 0.6 is 0 Å². The SMILES string of the molecule is CCOc1ccc(Oc2ccc(NC(=O)c3ccc(COC)cc3)cc2)cc1. The van der Waals surface area contributed by atoms with Gasteiger partial charge in [-0.25, -0.2) is 0 Å². The van der Waals surface area contributed by atoms with Crippen LogP contribution in [0.5, 0.6) is 17.2 Å². The van der Waals surface area contributed by atoms with Crippen LogP contribution in [-0.2, 0) is 11.3 Å². The molecule has 5 nitrogen and oxygen atoms in total. The minimum absolute atomic E-state index is 0.163.